The van der Waals surface area contributed by atoms with Gasteiger partial charge in [-0.15, -0.1) is 0 Å². The number of H-pyrrole nitrogens is 1. The molecule has 0 aliphatic heterocycles. The second-order valence-electron chi connectivity index (χ2n) is 3.81. The van der Waals surface area contributed by atoms with Crippen molar-refractivity contribution in [3.05, 3.63) is 47.5 Å². The number of sulfonamides is 1. The molecule has 5 nitrogen and oxygen atoms in total. The first kappa shape index (κ1) is 12.7. The third kappa shape index (κ3) is 2.74. The van der Waals surface area contributed by atoms with E-state index in [4.69, 9.17) is 0 Å². The summed E-state index contributed by atoms with van der Waals surface area (Å²) in [5.41, 5.74) is 1.16. The molecule has 1 aromatic heterocycles. The van der Waals surface area contributed by atoms with Crippen LogP contribution in [0.15, 0.2) is 35.4 Å². The highest BCUT2D eigenvalue weighted by Crippen LogP contribution is 2.11. The van der Waals surface area contributed by atoms with Crippen LogP contribution in [0, 0.1) is 12.7 Å². The molecule has 0 unspecified atom stereocenters. The minimum atomic E-state index is -3.59. The Balaban J connectivity index is 2.11. The zero-order valence-corrected chi connectivity index (χ0v) is 10.5. The fourth-order valence-corrected chi connectivity index (χ4v) is 2.62. The highest BCUT2D eigenvalue weighted by Gasteiger charge is 2.17. The Morgan fingerprint density at radius 3 is 2.56 bits per heavy atom. The van der Waals surface area contributed by atoms with Gasteiger partial charge in [0.25, 0.3) is 0 Å². The van der Waals surface area contributed by atoms with Crippen molar-refractivity contribution >= 4 is 10.0 Å². The molecule has 0 saturated heterocycles. The van der Waals surface area contributed by atoms with Crippen molar-refractivity contribution in [3.63, 3.8) is 0 Å². The van der Waals surface area contributed by atoms with E-state index >= 15 is 0 Å². The van der Waals surface area contributed by atoms with Gasteiger partial charge in [-0.25, -0.2) is 17.5 Å². The number of halogens is 1. The van der Waals surface area contributed by atoms with Gasteiger partial charge in [0.05, 0.1) is 11.9 Å². The van der Waals surface area contributed by atoms with E-state index in [0.717, 1.165) is 0 Å². The molecule has 0 radical (unpaired) electrons. The number of hydrogen-bond donors (Lipinski definition) is 2. The maximum absolute atomic E-state index is 12.7. The fourth-order valence-electron chi connectivity index (χ4n) is 1.47. The molecular formula is C11H12FN3O2S. The fraction of sp³-hybridized carbons (Fsp3) is 0.182. The second-order valence-corrected chi connectivity index (χ2v) is 5.55. The van der Waals surface area contributed by atoms with Crippen LogP contribution in [0.3, 0.4) is 0 Å². The Hall–Kier alpha value is -1.73. The van der Waals surface area contributed by atoms with Crippen LogP contribution < -0.4 is 4.72 Å². The molecule has 96 valence electrons. The van der Waals surface area contributed by atoms with Crippen LogP contribution in [-0.2, 0) is 16.6 Å². The first-order valence-corrected chi connectivity index (χ1v) is 6.71. The summed E-state index contributed by atoms with van der Waals surface area (Å²) in [4.78, 5) is 0.115. The Kier molecular flexibility index (Phi) is 3.44. The van der Waals surface area contributed by atoms with Crippen LogP contribution in [0.5, 0.6) is 0 Å². The molecule has 2 aromatic rings. The van der Waals surface area contributed by atoms with Crippen molar-refractivity contribution in [1.29, 1.82) is 0 Å². The van der Waals surface area contributed by atoms with Crippen molar-refractivity contribution in [2.45, 2.75) is 18.4 Å². The number of nitrogens with one attached hydrogen (secondary N) is 2. The van der Waals surface area contributed by atoms with Crippen molar-refractivity contribution < 1.29 is 12.8 Å². The van der Waals surface area contributed by atoms with Crippen LogP contribution in [0.1, 0.15) is 11.3 Å². The quantitative estimate of drug-likeness (QED) is 0.879. The molecule has 0 fully saturated rings. The van der Waals surface area contributed by atoms with E-state index in [9.17, 15) is 12.8 Å². The summed E-state index contributed by atoms with van der Waals surface area (Å²) < 4.78 is 38.9. The molecule has 1 heterocycles. The van der Waals surface area contributed by atoms with E-state index in [0.29, 0.717) is 11.3 Å². The summed E-state index contributed by atoms with van der Waals surface area (Å²) in [5.74, 6) is -0.354. The van der Waals surface area contributed by atoms with E-state index in [1.54, 1.807) is 6.92 Å². The van der Waals surface area contributed by atoms with E-state index in [1.807, 2.05) is 0 Å². The van der Waals surface area contributed by atoms with Gasteiger partial charge in [0.2, 0.25) is 10.0 Å². The van der Waals surface area contributed by atoms with Gasteiger partial charge in [0, 0.05) is 6.54 Å². The van der Waals surface area contributed by atoms with Gasteiger partial charge in [0.1, 0.15) is 10.7 Å². The molecule has 0 aliphatic carbocycles. The normalized spacial score (nSPS) is 11.7. The number of aryl methyl sites for hydroxylation is 1. The SMILES string of the molecule is Cc1[nH]ncc1S(=O)(=O)NCc1ccc(F)cc1. The zero-order valence-electron chi connectivity index (χ0n) is 9.64. The van der Waals surface area contributed by atoms with Gasteiger partial charge in [-0.3, -0.25) is 5.10 Å². The molecule has 0 spiro atoms. The lowest BCUT2D eigenvalue weighted by Gasteiger charge is -2.05. The van der Waals surface area contributed by atoms with E-state index in [2.05, 4.69) is 14.9 Å². The number of nitrogens with zero attached hydrogens (tertiary/aromatic N) is 1. The smallest absolute Gasteiger partial charge is 0.244 e. The van der Waals surface area contributed by atoms with Gasteiger partial charge >= 0.3 is 0 Å². The third-order valence-electron chi connectivity index (χ3n) is 2.45. The molecule has 0 aliphatic rings. The van der Waals surface area contributed by atoms with Gasteiger partial charge in [-0.05, 0) is 24.6 Å². The maximum Gasteiger partial charge on any atom is 0.244 e. The van der Waals surface area contributed by atoms with E-state index in [-0.39, 0.29) is 17.3 Å². The summed E-state index contributed by atoms with van der Waals surface area (Å²) in [7, 11) is -3.59. The van der Waals surface area contributed by atoms with E-state index in [1.165, 1.54) is 30.5 Å². The van der Waals surface area contributed by atoms with Gasteiger partial charge in [0.15, 0.2) is 0 Å². The summed E-state index contributed by atoms with van der Waals surface area (Å²) in [6.07, 6.45) is 1.25. The number of hydrogen-bond acceptors (Lipinski definition) is 3. The predicted octanol–water partition coefficient (Wildman–Crippen LogP) is 1.34. The molecule has 18 heavy (non-hydrogen) atoms. The average Bonchev–Trinajstić information content (AvgIpc) is 2.76. The Bertz CT molecular complexity index is 635. The molecule has 0 amide bonds. The summed E-state index contributed by atoms with van der Waals surface area (Å²) >= 11 is 0. The molecule has 7 heteroatoms. The van der Waals surface area contributed by atoms with Crippen molar-refractivity contribution in [1.82, 2.24) is 14.9 Å². The molecular weight excluding hydrogens is 257 g/mol. The standard InChI is InChI=1S/C11H12FN3O2S/c1-8-11(7-13-15-8)18(16,17)14-6-9-2-4-10(12)5-3-9/h2-5,7,14H,6H2,1H3,(H,13,15). The van der Waals surface area contributed by atoms with Crippen LogP contribution in [0.25, 0.3) is 0 Å². The number of aromatic amines is 1. The molecule has 0 saturated carbocycles. The van der Waals surface area contributed by atoms with Gasteiger partial charge in [-0.1, -0.05) is 12.1 Å². The second kappa shape index (κ2) is 4.87. The number of aromatic nitrogens is 2. The van der Waals surface area contributed by atoms with Crippen molar-refractivity contribution in [2.24, 2.45) is 0 Å². The third-order valence-corrected chi connectivity index (χ3v) is 3.97. The first-order chi connectivity index (χ1) is 8.49. The minimum Gasteiger partial charge on any atom is -0.281 e. The number of benzene rings is 1. The monoisotopic (exact) mass is 269 g/mol. The van der Waals surface area contributed by atoms with Crippen molar-refractivity contribution in [2.75, 3.05) is 0 Å². The Labute approximate surface area is 104 Å². The minimum absolute atomic E-state index is 0.104. The molecule has 2 rings (SSSR count). The summed E-state index contributed by atoms with van der Waals surface area (Å²) in [5, 5.41) is 6.22. The van der Waals surface area contributed by atoms with Crippen LogP contribution in [0.2, 0.25) is 0 Å². The maximum atomic E-state index is 12.7. The molecule has 1 aromatic carbocycles. The first-order valence-electron chi connectivity index (χ1n) is 5.23. The van der Waals surface area contributed by atoms with Gasteiger partial charge in [-0.2, -0.15) is 5.10 Å². The van der Waals surface area contributed by atoms with Crippen LogP contribution in [-0.4, -0.2) is 18.6 Å². The van der Waals surface area contributed by atoms with E-state index < -0.39 is 10.0 Å². The largest absolute Gasteiger partial charge is 0.281 e. The molecule has 2 N–H and O–H groups in total. The Morgan fingerprint density at radius 2 is 2.00 bits per heavy atom. The van der Waals surface area contributed by atoms with Gasteiger partial charge < -0.3 is 0 Å². The molecule has 0 atom stereocenters. The topological polar surface area (TPSA) is 74.8 Å². The molecule has 0 bridgehead atoms. The summed E-state index contributed by atoms with van der Waals surface area (Å²) in [6.45, 7) is 1.73. The summed E-state index contributed by atoms with van der Waals surface area (Å²) in [6, 6.07) is 5.62. The lowest BCUT2D eigenvalue weighted by atomic mass is 10.2. The highest BCUT2D eigenvalue weighted by atomic mass is 32.2. The predicted molar refractivity (Wildman–Crippen MR) is 63.8 cm³/mol. The lowest BCUT2D eigenvalue weighted by Crippen LogP contribution is -2.23. The highest BCUT2D eigenvalue weighted by molar-refractivity contribution is 7.89. The van der Waals surface area contributed by atoms with Crippen LogP contribution in [0.4, 0.5) is 4.39 Å². The zero-order chi connectivity index (χ0) is 13.2. The average molecular weight is 269 g/mol. The Morgan fingerprint density at radius 1 is 1.33 bits per heavy atom. The lowest BCUT2D eigenvalue weighted by molar-refractivity contribution is 0.580. The van der Waals surface area contributed by atoms with Crippen molar-refractivity contribution in [3.8, 4) is 0 Å². The van der Waals surface area contributed by atoms with Crippen LogP contribution >= 0.6 is 0 Å². The number of rotatable bonds is 4.